The highest BCUT2D eigenvalue weighted by Crippen LogP contribution is 2.33. The third-order valence-electron chi connectivity index (χ3n) is 1.90. The third kappa shape index (κ3) is 3.12. The zero-order valence-electron chi connectivity index (χ0n) is 8.37. The molecule has 4 nitrogen and oxygen atoms in total. The highest BCUT2D eigenvalue weighted by Gasteiger charge is 2.16. The van der Waals surface area contributed by atoms with Gasteiger partial charge in [-0.1, -0.05) is 29.3 Å². The summed E-state index contributed by atoms with van der Waals surface area (Å²) >= 11 is 11.5. The van der Waals surface area contributed by atoms with Crippen LogP contribution in [0.2, 0.25) is 10.0 Å². The molecule has 0 aliphatic heterocycles. The van der Waals surface area contributed by atoms with Crippen LogP contribution in [-0.4, -0.2) is 11.5 Å². The molecule has 1 rings (SSSR count). The van der Waals surface area contributed by atoms with E-state index in [1.54, 1.807) is 6.08 Å². The van der Waals surface area contributed by atoms with E-state index in [4.69, 9.17) is 23.2 Å². The summed E-state index contributed by atoms with van der Waals surface area (Å²) in [4.78, 5) is 10.3. The Labute approximate surface area is 103 Å². The molecule has 0 fully saturated rings. The lowest BCUT2D eigenvalue weighted by atomic mass is 10.2. The predicted octanol–water partition coefficient (Wildman–Crippen LogP) is 3.89. The molecule has 0 amide bonds. The van der Waals surface area contributed by atoms with Crippen molar-refractivity contribution in [1.29, 1.82) is 0 Å². The largest absolute Gasteiger partial charge is 0.379 e. The molecule has 1 aromatic rings. The van der Waals surface area contributed by atoms with Gasteiger partial charge in [-0.2, -0.15) is 0 Å². The van der Waals surface area contributed by atoms with Crippen LogP contribution in [0, 0.1) is 10.1 Å². The average molecular weight is 261 g/mol. The van der Waals surface area contributed by atoms with Crippen LogP contribution in [0.15, 0.2) is 24.8 Å². The maximum atomic E-state index is 10.8. The molecule has 6 heteroatoms. The second kappa shape index (κ2) is 5.72. The Hall–Kier alpha value is -1.26. The molecular formula is C10H10Cl2N2O2. The molecule has 1 aromatic carbocycles. The van der Waals surface area contributed by atoms with E-state index in [0.717, 1.165) is 0 Å². The fraction of sp³-hybridized carbons (Fsp3) is 0.200. The van der Waals surface area contributed by atoms with Crippen LogP contribution in [0.1, 0.15) is 6.42 Å². The van der Waals surface area contributed by atoms with E-state index < -0.39 is 4.92 Å². The number of anilines is 1. The minimum Gasteiger partial charge on any atom is -0.379 e. The van der Waals surface area contributed by atoms with E-state index >= 15 is 0 Å². The molecule has 0 bridgehead atoms. The van der Waals surface area contributed by atoms with E-state index in [1.807, 2.05) is 0 Å². The molecule has 0 spiro atoms. The van der Waals surface area contributed by atoms with Crippen molar-refractivity contribution in [3.8, 4) is 0 Å². The molecule has 86 valence electrons. The van der Waals surface area contributed by atoms with Crippen LogP contribution in [0.25, 0.3) is 0 Å². The molecule has 0 radical (unpaired) electrons. The van der Waals surface area contributed by atoms with Gasteiger partial charge in [-0.05, 0) is 12.5 Å². The number of hydrogen-bond donors (Lipinski definition) is 1. The van der Waals surface area contributed by atoms with Gasteiger partial charge in [0.15, 0.2) is 0 Å². The summed E-state index contributed by atoms with van der Waals surface area (Å²) in [6.07, 6.45) is 2.42. The molecule has 0 aliphatic rings. The van der Waals surface area contributed by atoms with Crippen molar-refractivity contribution < 1.29 is 4.92 Å². The van der Waals surface area contributed by atoms with Crippen LogP contribution in [0.3, 0.4) is 0 Å². The second-order valence-electron chi connectivity index (χ2n) is 3.04. The van der Waals surface area contributed by atoms with Gasteiger partial charge in [0, 0.05) is 12.6 Å². The first-order chi connectivity index (χ1) is 7.56. The van der Waals surface area contributed by atoms with Crippen LogP contribution in [-0.2, 0) is 0 Å². The van der Waals surface area contributed by atoms with Crippen molar-refractivity contribution in [3.63, 3.8) is 0 Å². The van der Waals surface area contributed by atoms with Crippen molar-refractivity contribution >= 4 is 34.6 Å². The van der Waals surface area contributed by atoms with Crippen molar-refractivity contribution in [2.75, 3.05) is 11.9 Å². The van der Waals surface area contributed by atoms with Crippen LogP contribution < -0.4 is 5.32 Å². The Bertz CT molecular complexity index is 422. The van der Waals surface area contributed by atoms with Gasteiger partial charge in [-0.15, -0.1) is 6.58 Å². The summed E-state index contributed by atoms with van der Waals surface area (Å²) in [6.45, 7) is 4.12. The smallest absolute Gasteiger partial charge is 0.293 e. The van der Waals surface area contributed by atoms with Crippen molar-refractivity contribution in [2.45, 2.75) is 6.42 Å². The summed E-state index contributed by atoms with van der Waals surface area (Å²) in [5.41, 5.74) is 0.278. The van der Waals surface area contributed by atoms with E-state index in [2.05, 4.69) is 11.9 Å². The van der Waals surface area contributed by atoms with E-state index in [-0.39, 0.29) is 15.7 Å². The topological polar surface area (TPSA) is 55.2 Å². The number of nitro benzene ring substituents is 1. The van der Waals surface area contributed by atoms with Crippen LogP contribution in [0.5, 0.6) is 0 Å². The maximum Gasteiger partial charge on any atom is 0.293 e. The van der Waals surface area contributed by atoms with E-state index in [1.165, 1.54) is 12.1 Å². The SMILES string of the molecule is C=CCCNc1cc(Cl)c(Cl)cc1[N+](=O)[O-]. The highest BCUT2D eigenvalue weighted by molar-refractivity contribution is 6.42. The molecule has 0 aromatic heterocycles. The van der Waals surface area contributed by atoms with E-state index in [0.29, 0.717) is 18.7 Å². The molecule has 0 atom stereocenters. The number of nitro groups is 1. The minimum absolute atomic E-state index is 0.0848. The Morgan fingerprint density at radius 1 is 1.44 bits per heavy atom. The number of halogens is 2. The second-order valence-corrected chi connectivity index (χ2v) is 3.86. The van der Waals surface area contributed by atoms with Gasteiger partial charge < -0.3 is 5.32 Å². The predicted molar refractivity (Wildman–Crippen MR) is 66.4 cm³/mol. The van der Waals surface area contributed by atoms with Crippen molar-refractivity contribution in [2.24, 2.45) is 0 Å². The molecule has 0 unspecified atom stereocenters. The van der Waals surface area contributed by atoms with Crippen LogP contribution in [0.4, 0.5) is 11.4 Å². The van der Waals surface area contributed by atoms with Crippen molar-refractivity contribution in [1.82, 2.24) is 0 Å². The fourth-order valence-electron chi connectivity index (χ4n) is 1.14. The first-order valence-electron chi connectivity index (χ1n) is 4.54. The quantitative estimate of drug-likeness (QED) is 0.378. The van der Waals surface area contributed by atoms with Gasteiger partial charge in [0.05, 0.1) is 15.0 Å². The minimum atomic E-state index is -0.502. The molecule has 1 N–H and O–H groups in total. The lowest BCUT2D eigenvalue weighted by molar-refractivity contribution is -0.383. The van der Waals surface area contributed by atoms with Gasteiger partial charge in [0.2, 0.25) is 0 Å². The third-order valence-corrected chi connectivity index (χ3v) is 2.62. The first kappa shape index (κ1) is 12.8. The number of rotatable bonds is 5. The van der Waals surface area contributed by atoms with Crippen LogP contribution >= 0.6 is 23.2 Å². The Balaban J connectivity index is 3.00. The molecule has 0 saturated carbocycles. The van der Waals surface area contributed by atoms with Gasteiger partial charge in [-0.25, -0.2) is 0 Å². The summed E-state index contributed by atoms with van der Waals surface area (Å²) in [6, 6.07) is 2.69. The molecule has 0 aliphatic carbocycles. The van der Waals surface area contributed by atoms with Gasteiger partial charge >= 0.3 is 0 Å². The maximum absolute atomic E-state index is 10.8. The number of nitrogens with one attached hydrogen (secondary N) is 1. The first-order valence-corrected chi connectivity index (χ1v) is 5.30. The Morgan fingerprint density at radius 2 is 2.06 bits per heavy atom. The zero-order chi connectivity index (χ0) is 12.1. The molecular weight excluding hydrogens is 251 g/mol. The summed E-state index contributed by atoms with van der Waals surface area (Å²) < 4.78 is 0. The highest BCUT2D eigenvalue weighted by atomic mass is 35.5. The molecule has 0 saturated heterocycles. The lowest BCUT2D eigenvalue weighted by Gasteiger charge is -2.07. The van der Waals surface area contributed by atoms with Gasteiger partial charge in [0.1, 0.15) is 5.69 Å². The van der Waals surface area contributed by atoms with Gasteiger partial charge in [0.25, 0.3) is 5.69 Å². The fourth-order valence-corrected chi connectivity index (χ4v) is 1.46. The number of nitrogens with zero attached hydrogens (tertiary/aromatic N) is 1. The monoisotopic (exact) mass is 260 g/mol. The normalized spacial score (nSPS) is 9.88. The summed E-state index contributed by atoms with van der Waals surface area (Å²) in [5.74, 6) is 0. The number of benzene rings is 1. The standard InChI is InChI=1S/C10H10Cl2N2O2/c1-2-3-4-13-9-5-7(11)8(12)6-10(9)14(15)16/h2,5-6,13H,1,3-4H2. The average Bonchev–Trinajstić information content (AvgIpc) is 2.23. The summed E-state index contributed by atoms with van der Waals surface area (Å²) in [7, 11) is 0. The Morgan fingerprint density at radius 3 is 2.62 bits per heavy atom. The van der Waals surface area contributed by atoms with Gasteiger partial charge in [-0.3, -0.25) is 10.1 Å². The molecule has 0 heterocycles. The lowest BCUT2D eigenvalue weighted by Crippen LogP contribution is -2.03. The molecule has 16 heavy (non-hydrogen) atoms. The Kier molecular flexibility index (Phi) is 4.58. The van der Waals surface area contributed by atoms with E-state index in [9.17, 15) is 10.1 Å². The summed E-state index contributed by atoms with van der Waals surface area (Å²) in [5, 5.41) is 14.1. The number of hydrogen-bond acceptors (Lipinski definition) is 3. The van der Waals surface area contributed by atoms with Crippen molar-refractivity contribution in [3.05, 3.63) is 44.9 Å². The zero-order valence-corrected chi connectivity index (χ0v) is 9.88.